The second-order valence-electron chi connectivity index (χ2n) is 3.97. The Morgan fingerprint density at radius 3 is 2.73 bits per heavy atom. The largest absolute Gasteiger partial charge is 0.206 e. The molecule has 0 amide bonds. The zero-order chi connectivity index (χ0) is 10.9. The molecule has 0 saturated heterocycles. The number of nitrogens with zero attached hydrogens (tertiary/aromatic N) is 1. The second-order valence-corrected chi connectivity index (χ2v) is 5.35. The molecule has 1 aromatic rings. The summed E-state index contributed by atoms with van der Waals surface area (Å²) in [6.45, 7) is 2.06. The molecule has 0 aromatic heterocycles. The van der Waals surface area contributed by atoms with Crippen LogP contribution in [0.15, 0.2) is 29.2 Å². The lowest BCUT2D eigenvalue weighted by Crippen LogP contribution is -2.40. The van der Waals surface area contributed by atoms with E-state index in [9.17, 15) is 4.39 Å². The Balaban J connectivity index is 2.22. The van der Waals surface area contributed by atoms with Crippen LogP contribution < -0.4 is 0 Å². The van der Waals surface area contributed by atoms with Crippen molar-refractivity contribution in [2.24, 2.45) is 5.92 Å². The van der Waals surface area contributed by atoms with Crippen molar-refractivity contribution in [2.75, 3.05) is 0 Å². The van der Waals surface area contributed by atoms with Crippen LogP contribution in [0.4, 0.5) is 4.39 Å². The fourth-order valence-corrected chi connectivity index (χ4v) is 3.05. The lowest BCUT2D eigenvalue weighted by atomic mass is 9.75. The zero-order valence-electron chi connectivity index (χ0n) is 8.53. The van der Waals surface area contributed by atoms with Gasteiger partial charge in [-0.1, -0.05) is 19.1 Å². The Morgan fingerprint density at radius 1 is 1.53 bits per heavy atom. The van der Waals surface area contributed by atoms with Crippen molar-refractivity contribution in [1.82, 2.24) is 0 Å². The average molecular weight is 221 g/mol. The molecule has 2 unspecified atom stereocenters. The molecule has 1 aliphatic carbocycles. The predicted octanol–water partition coefficient (Wildman–Crippen LogP) is 3.61. The molecule has 2 atom stereocenters. The van der Waals surface area contributed by atoms with Gasteiger partial charge in [-0.15, -0.1) is 11.8 Å². The van der Waals surface area contributed by atoms with Crippen molar-refractivity contribution in [2.45, 2.75) is 29.4 Å². The second kappa shape index (κ2) is 3.86. The minimum Gasteiger partial charge on any atom is -0.206 e. The number of hydrogen-bond acceptors (Lipinski definition) is 2. The van der Waals surface area contributed by atoms with Gasteiger partial charge in [0.1, 0.15) is 10.6 Å². The average Bonchev–Trinajstić information content (AvgIpc) is 2.26. The molecule has 1 nitrogen and oxygen atoms in total. The van der Waals surface area contributed by atoms with E-state index in [1.165, 1.54) is 17.8 Å². The van der Waals surface area contributed by atoms with Crippen LogP contribution in [0, 0.1) is 23.1 Å². The van der Waals surface area contributed by atoms with Gasteiger partial charge < -0.3 is 0 Å². The summed E-state index contributed by atoms with van der Waals surface area (Å²) in [4.78, 5) is 0.589. The highest BCUT2D eigenvalue weighted by Gasteiger charge is 2.45. The molecule has 1 saturated carbocycles. The third-order valence-electron chi connectivity index (χ3n) is 3.06. The molecule has 1 aromatic carbocycles. The molecule has 0 heterocycles. The van der Waals surface area contributed by atoms with E-state index in [0.29, 0.717) is 10.8 Å². The molecule has 2 rings (SSSR count). The smallest absolute Gasteiger partial charge is 0.136 e. The minimum absolute atomic E-state index is 0.226. The van der Waals surface area contributed by atoms with Crippen molar-refractivity contribution in [3.8, 4) is 6.07 Å². The Hall–Kier alpha value is -1.01. The molecule has 0 radical (unpaired) electrons. The normalized spacial score (nSPS) is 29.3. The highest BCUT2D eigenvalue weighted by Crippen LogP contribution is 2.51. The van der Waals surface area contributed by atoms with Crippen molar-refractivity contribution >= 4 is 11.8 Å². The topological polar surface area (TPSA) is 23.8 Å². The summed E-state index contributed by atoms with van der Waals surface area (Å²) in [6, 6.07) is 8.99. The SMILES string of the molecule is CC1CCC1(C#N)Sc1ccccc1F. The summed E-state index contributed by atoms with van der Waals surface area (Å²) in [5, 5.41) is 9.17. The van der Waals surface area contributed by atoms with Gasteiger partial charge in [0.2, 0.25) is 0 Å². The maximum atomic E-state index is 13.4. The lowest BCUT2D eigenvalue weighted by Gasteiger charge is -2.41. The molecule has 0 aliphatic heterocycles. The summed E-state index contributed by atoms with van der Waals surface area (Å²) in [5.74, 6) is 0.128. The van der Waals surface area contributed by atoms with E-state index in [2.05, 4.69) is 13.0 Å². The van der Waals surface area contributed by atoms with Gasteiger partial charge in [0, 0.05) is 4.90 Å². The van der Waals surface area contributed by atoms with Gasteiger partial charge in [-0.25, -0.2) is 4.39 Å². The van der Waals surface area contributed by atoms with E-state index in [1.54, 1.807) is 18.2 Å². The molecule has 1 fully saturated rings. The Morgan fingerprint density at radius 2 is 2.27 bits per heavy atom. The van der Waals surface area contributed by atoms with Gasteiger partial charge in [-0.05, 0) is 30.9 Å². The fourth-order valence-electron chi connectivity index (χ4n) is 1.76. The quantitative estimate of drug-likeness (QED) is 0.761. The van der Waals surface area contributed by atoms with Crippen LogP contribution in [0.1, 0.15) is 19.8 Å². The third kappa shape index (κ3) is 1.74. The molecular formula is C12H12FNS. The van der Waals surface area contributed by atoms with Gasteiger partial charge in [0.25, 0.3) is 0 Å². The standard InChI is InChI=1S/C12H12FNS/c1-9-6-7-12(9,8-14)15-11-5-3-2-4-10(11)13/h2-5,9H,6-7H2,1H3. The molecule has 0 spiro atoms. The first-order valence-corrected chi connectivity index (χ1v) is 5.84. The first kappa shape index (κ1) is 10.5. The fraction of sp³-hybridized carbons (Fsp3) is 0.417. The van der Waals surface area contributed by atoms with E-state index < -0.39 is 4.75 Å². The van der Waals surface area contributed by atoms with Gasteiger partial charge >= 0.3 is 0 Å². The summed E-state index contributed by atoms with van der Waals surface area (Å²) in [7, 11) is 0. The molecule has 3 heteroatoms. The van der Waals surface area contributed by atoms with Crippen LogP contribution in [0.25, 0.3) is 0 Å². The van der Waals surface area contributed by atoms with Crippen LogP contribution in [-0.4, -0.2) is 4.75 Å². The van der Waals surface area contributed by atoms with Crippen LogP contribution in [0.2, 0.25) is 0 Å². The highest BCUT2D eigenvalue weighted by molar-refractivity contribution is 8.01. The third-order valence-corrected chi connectivity index (χ3v) is 4.68. The molecule has 0 N–H and O–H groups in total. The zero-order valence-corrected chi connectivity index (χ0v) is 9.35. The summed E-state index contributed by atoms with van der Waals surface area (Å²) in [6.07, 6.45) is 1.93. The van der Waals surface area contributed by atoms with Crippen molar-refractivity contribution in [3.05, 3.63) is 30.1 Å². The first-order chi connectivity index (χ1) is 7.18. The van der Waals surface area contributed by atoms with Gasteiger partial charge in [-0.3, -0.25) is 0 Å². The summed E-state index contributed by atoms with van der Waals surface area (Å²) < 4.78 is 13.0. The van der Waals surface area contributed by atoms with Crippen molar-refractivity contribution in [3.63, 3.8) is 0 Å². The van der Waals surface area contributed by atoms with E-state index in [-0.39, 0.29) is 5.82 Å². The Bertz CT molecular complexity index is 412. The molecule has 78 valence electrons. The number of rotatable bonds is 2. The number of nitriles is 1. The highest BCUT2D eigenvalue weighted by atomic mass is 32.2. The van der Waals surface area contributed by atoms with Gasteiger partial charge in [0.15, 0.2) is 0 Å². The number of hydrogen-bond donors (Lipinski definition) is 0. The van der Waals surface area contributed by atoms with Crippen LogP contribution in [0.3, 0.4) is 0 Å². The molecule has 15 heavy (non-hydrogen) atoms. The Kier molecular flexibility index (Phi) is 2.70. The molecule has 0 bridgehead atoms. The van der Waals surface area contributed by atoms with Gasteiger partial charge in [0.05, 0.1) is 6.07 Å². The number of thioether (sulfide) groups is 1. The van der Waals surface area contributed by atoms with Crippen LogP contribution >= 0.6 is 11.8 Å². The van der Waals surface area contributed by atoms with E-state index in [4.69, 9.17) is 5.26 Å². The summed E-state index contributed by atoms with van der Waals surface area (Å²) >= 11 is 1.38. The monoisotopic (exact) mass is 221 g/mol. The first-order valence-electron chi connectivity index (χ1n) is 5.03. The summed E-state index contributed by atoms with van der Waals surface area (Å²) in [5.41, 5.74) is 0. The Labute approximate surface area is 93.3 Å². The predicted molar refractivity (Wildman–Crippen MR) is 59.0 cm³/mol. The minimum atomic E-state index is -0.401. The van der Waals surface area contributed by atoms with Crippen LogP contribution in [-0.2, 0) is 0 Å². The van der Waals surface area contributed by atoms with E-state index in [1.807, 2.05) is 0 Å². The van der Waals surface area contributed by atoms with Crippen molar-refractivity contribution in [1.29, 1.82) is 5.26 Å². The maximum Gasteiger partial charge on any atom is 0.136 e. The number of benzene rings is 1. The number of halogens is 1. The molecule has 1 aliphatic rings. The van der Waals surface area contributed by atoms with Gasteiger partial charge in [-0.2, -0.15) is 5.26 Å². The van der Waals surface area contributed by atoms with Crippen molar-refractivity contribution < 1.29 is 4.39 Å². The molecular weight excluding hydrogens is 209 g/mol. The lowest BCUT2D eigenvalue weighted by molar-refractivity contribution is 0.296. The van der Waals surface area contributed by atoms with E-state index >= 15 is 0 Å². The van der Waals surface area contributed by atoms with Crippen LogP contribution in [0.5, 0.6) is 0 Å². The maximum absolute atomic E-state index is 13.4. The van der Waals surface area contributed by atoms with E-state index in [0.717, 1.165) is 12.8 Å².